The number of imide groups is 1. The number of hydrogen-bond donors (Lipinski definition) is 1. The van der Waals surface area contributed by atoms with Crippen LogP contribution in [0.4, 0.5) is 11.4 Å². The number of nitro benzene ring substituents is 1. The standard InChI is InChI=1S/C20H19N3O5/c1-20(2,3)13-8-4-5-9-14(13)21-16(24)11-22-18(25)12-7-6-10-15(23(27)28)17(12)19(22)26/h4-10H,11H2,1-3H3,(H,21,24). The highest BCUT2D eigenvalue weighted by atomic mass is 16.6. The number of benzene rings is 2. The number of para-hydroxylation sites is 1. The van der Waals surface area contributed by atoms with Crippen LogP contribution in [-0.2, 0) is 10.2 Å². The SMILES string of the molecule is CC(C)(C)c1ccccc1NC(=O)CN1C(=O)c2cccc([N+](=O)[O-])c2C1=O. The molecule has 8 nitrogen and oxygen atoms in total. The minimum atomic E-state index is -0.841. The van der Waals surface area contributed by atoms with E-state index in [1.54, 1.807) is 12.1 Å². The summed E-state index contributed by atoms with van der Waals surface area (Å²) in [5.74, 6) is -2.12. The molecule has 0 aromatic heterocycles. The van der Waals surface area contributed by atoms with Gasteiger partial charge in [-0.25, -0.2) is 0 Å². The highest BCUT2D eigenvalue weighted by Gasteiger charge is 2.41. The van der Waals surface area contributed by atoms with E-state index in [-0.39, 0.29) is 16.5 Å². The second kappa shape index (κ2) is 6.88. The van der Waals surface area contributed by atoms with E-state index in [2.05, 4.69) is 5.32 Å². The summed E-state index contributed by atoms with van der Waals surface area (Å²) in [4.78, 5) is 48.8. The Morgan fingerprint density at radius 3 is 2.39 bits per heavy atom. The highest BCUT2D eigenvalue weighted by molar-refractivity contribution is 6.24. The fraction of sp³-hybridized carbons (Fsp3) is 0.250. The van der Waals surface area contributed by atoms with Crippen molar-refractivity contribution in [1.29, 1.82) is 0 Å². The van der Waals surface area contributed by atoms with Gasteiger partial charge in [0.1, 0.15) is 12.1 Å². The number of carbonyl (C=O) groups excluding carboxylic acids is 3. The number of nitrogens with zero attached hydrogens (tertiary/aromatic N) is 2. The molecule has 3 amide bonds. The number of amides is 3. The van der Waals surface area contributed by atoms with Gasteiger partial charge in [0.2, 0.25) is 5.91 Å². The summed E-state index contributed by atoms with van der Waals surface area (Å²) in [5.41, 5.74) is 0.475. The summed E-state index contributed by atoms with van der Waals surface area (Å²) in [6.45, 7) is 5.48. The molecule has 1 aliphatic heterocycles. The third-order valence-corrected chi connectivity index (χ3v) is 4.48. The van der Waals surface area contributed by atoms with Crippen molar-refractivity contribution in [3.05, 3.63) is 69.3 Å². The summed E-state index contributed by atoms with van der Waals surface area (Å²) in [6.07, 6.45) is 0. The van der Waals surface area contributed by atoms with E-state index in [4.69, 9.17) is 0 Å². The van der Waals surface area contributed by atoms with Crippen molar-refractivity contribution in [3.8, 4) is 0 Å². The maximum absolute atomic E-state index is 12.6. The molecule has 0 bridgehead atoms. The summed E-state index contributed by atoms with van der Waals surface area (Å²) in [5, 5.41) is 13.9. The van der Waals surface area contributed by atoms with Crippen molar-refractivity contribution >= 4 is 29.1 Å². The van der Waals surface area contributed by atoms with E-state index in [1.165, 1.54) is 12.1 Å². The predicted octanol–water partition coefficient (Wildman–Crippen LogP) is 3.13. The number of anilines is 1. The zero-order chi connectivity index (χ0) is 20.6. The van der Waals surface area contributed by atoms with Crippen LogP contribution in [0, 0.1) is 10.1 Å². The Morgan fingerprint density at radius 1 is 1.07 bits per heavy atom. The van der Waals surface area contributed by atoms with Crippen molar-refractivity contribution in [1.82, 2.24) is 4.90 Å². The zero-order valence-corrected chi connectivity index (χ0v) is 15.7. The second-order valence-electron chi connectivity index (χ2n) is 7.50. The molecule has 0 aliphatic carbocycles. The topological polar surface area (TPSA) is 110 Å². The number of fused-ring (bicyclic) bond motifs is 1. The summed E-state index contributed by atoms with van der Waals surface area (Å²) >= 11 is 0. The molecular weight excluding hydrogens is 362 g/mol. The van der Waals surface area contributed by atoms with Gasteiger partial charge in [-0.2, -0.15) is 0 Å². The molecular formula is C20H19N3O5. The van der Waals surface area contributed by atoms with Crippen LogP contribution in [0.3, 0.4) is 0 Å². The Hall–Kier alpha value is -3.55. The minimum absolute atomic E-state index is 0.0675. The molecule has 8 heteroatoms. The van der Waals surface area contributed by atoms with E-state index in [0.29, 0.717) is 5.69 Å². The van der Waals surface area contributed by atoms with Crippen LogP contribution in [0.5, 0.6) is 0 Å². The first-order chi connectivity index (χ1) is 13.1. The monoisotopic (exact) mass is 381 g/mol. The maximum atomic E-state index is 12.6. The van der Waals surface area contributed by atoms with E-state index in [0.717, 1.165) is 16.5 Å². The lowest BCUT2D eigenvalue weighted by atomic mass is 9.86. The van der Waals surface area contributed by atoms with Crippen molar-refractivity contribution in [2.75, 3.05) is 11.9 Å². The predicted molar refractivity (Wildman–Crippen MR) is 102 cm³/mol. The van der Waals surface area contributed by atoms with E-state index in [1.807, 2.05) is 32.9 Å². The first-order valence-electron chi connectivity index (χ1n) is 8.64. The lowest BCUT2D eigenvalue weighted by Crippen LogP contribution is -2.37. The quantitative estimate of drug-likeness (QED) is 0.497. The molecule has 3 rings (SSSR count). The maximum Gasteiger partial charge on any atom is 0.282 e. The first kappa shape index (κ1) is 19.2. The smallest absolute Gasteiger partial charge is 0.282 e. The van der Waals surface area contributed by atoms with Crippen molar-refractivity contribution in [3.63, 3.8) is 0 Å². The van der Waals surface area contributed by atoms with Crippen LogP contribution in [0.15, 0.2) is 42.5 Å². The van der Waals surface area contributed by atoms with Gasteiger partial charge >= 0.3 is 0 Å². The second-order valence-corrected chi connectivity index (χ2v) is 7.50. The highest BCUT2D eigenvalue weighted by Crippen LogP contribution is 2.31. The minimum Gasteiger partial charge on any atom is -0.324 e. The molecule has 0 unspecified atom stereocenters. The fourth-order valence-electron chi connectivity index (χ4n) is 3.19. The molecule has 1 heterocycles. The number of nitrogens with one attached hydrogen (secondary N) is 1. The van der Waals surface area contributed by atoms with Gasteiger partial charge < -0.3 is 5.32 Å². The molecule has 2 aromatic carbocycles. The van der Waals surface area contributed by atoms with E-state index in [9.17, 15) is 24.5 Å². The Balaban J connectivity index is 1.83. The molecule has 1 aliphatic rings. The Bertz CT molecular complexity index is 1010. The van der Waals surface area contributed by atoms with Gasteiger partial charge in [0, 0.05) is 11.8 Å². The Kier molecular flexibility index (Phi) is 4.72. The van der Waals surface area contributed by atoms with Crippen molar-refractivity contribution in [2.24, 2.45) is 0 Å². The average Bonchev–Trinajstić information content (AvgIpc) is 2.86. The molecule has 1 N–H and O–H groups in total. The van der Waals surface area contributed by atoms with Gasteiger partial charge in [-0.15, -0.1) is 0 Å². The third-order valence-electron chi connectivity index (χ3n) is 4.48. The molecule has 0 atom stereocenters. The van der Waals surface area contributed by atoms with Gasteiger partial charge in [0.15, 0.2) is 0 Å². The molecule has 0 saturated carbocycles. The molecule has 2 aromatic rings. The summed E-state index contributed by atoms with van der Waals surface area (Å²) in [6, 6.07) is 11.1. The molecule has 0 radical (unpaired) electrons. The van der Waals surface area contributed by atoms with E-state index >= 15 is 0 Å². The number of rotatable bonds is 4. The van der Waals surface area contributed by atoms with E-state index < -0.39 is 34.9 Å². The third kappa shape index (κ3) is 3.36. The molecule has 28 heavy (non-hydrogen) atoms. The van der Waals surface area contributed by atoms with Crippen LogP contribution in [0.1, 0.15) is 47.1 Å². The van der Waals surface area contributed by atoms with Gasteiger partial charge in [-0.3, -0.25) is 29.4 Å². The Labute approximate surface area is 161 Å². The summed E-state index contributed by atoms with van der Waals surface area (Å²) in [7, 11) is 0. The molecule has 144 valence electrons. The van der Waals surface area contributed by atoms with Crippen molar-refractivity contribution in [2.45, 2.75) is 26.2 Å². The number of hydrogen-bond acceptors (Lipinski definition) is 5. The van der Waals surface area contributed by atoms with Gasteiger partial charge in [-0.1, -0.05) is 45.0 Å². The largest absolute Gasteiger partial charge is 0.324 e. The Morgan fingerprint density at radius 2 is 1.75 bits per heavy atom. The van der Waals surface area contributed by atoms with Crippen LogP contribution in [0.25, 0.3) is 0 Å². The molecule has 0 fully saturated rings. The molecule has 0 spiro atoms. The fourth-order valence-corrected chi connectivity index (χ4v) is 3.19. The lowest BCUT2D eigenvalue weighted by molar-refractivity contribution is -0.385. The van der Waals surface area contributed by atoms with Gasteiger partial charge in [-0.05, 0) is 23.1 Å². The van der Waals surface area contributed by atoms with Crippen LogP contribution in [-0.4, -0.2) is 34.1 Å². The summed E-state index contributed by atoms with van der Waals surface area (Å²) < 4.78 is 0. The number of carbonyl (C=O) groups is 3. The van der Waals surface area contributed by atoms with Crippen LogP contribution >= 0.6 is 0 Å². The number of nitro groups is 1. The normalized spacial score (nSPS) is 13.5. The lowest BCUT2D eigenvalue weighted by Gasteiger charge is -2.23. The van der Waals surface area contributed by atoms with Crippen LogP contribution < -0.4 is 5.32 Å². The zero-order valence-electron chi connectivity index (χ0n) is 15.7. The van der Waals surface area contributed by atoms with Crippen LogP contribution in [0.2, 0.25) is 0 Å². The van der Waals surface area contributed by atoms with Crippen molar-refractivity contribution < 1.29 is 19.3 Å². The first-order valence-corrected chi connectivity index (χ1v) is 8.64. The molecule has 0 saturated heterocycles. The van der Waals surface area contributed by atoms with Gasteiger partial charge in [0.05, 0.1) is 10.5 Å². The van der Waals surface area contributed by atoms with Gasteiger partial charge in [0.25, 0.3) is 17.5 Å². The average molecular weight is 381 g/mol.